The van der Waals surface area contributed by atoms with Crippen LogP contribution in [0.15, 0.2) is 55.1 Å². The lowest BCUT2D eigenvalue weighted by Crippen LogP contribution is -2.57. The number of benzene rings is 1. The Morgan fingerprint density at radius 1 is 0.952 bits per heavy atom. The van der Waals surface area contributed by atoms with Gasteiger partial charge in [-0.2, -0.15) is 0 Å². The van der Waals surface area contributed by atoms with Crippen molar-refractivity contribution >= 4 is 35.4 Å². The van der Waals surface area contributed by atoms with Crippen molar-refractivity contribution in [2.24, 2.45) is 40.5 Å². The van der Waals surface area contributed by atoms with Crippen LogP contribution in [0.5, 0.6) is 0 Å². The maximum absolute atomic E-state index is 14.9. The molecule has 62 heavy (non-hydrogen) atoms. The molecule has 3 unspecified atom stereocenters. The van der Waals surface area contributed by atoms with E-state index in [1.54, 1.807) is 20.8 Å². The molecule has 0 aliphatic heterocycles. The first-order valence-corrected chi connectivity index (χ1v) is 21.3. The lowest BCUT2D eigenvalue weighted by Gasteiger charge is -2.37. The molecule has 0 bridgehead atoms. The fourth-order valence-electron chi connectivity index (χ4n) is 7.82. The number of Topliss-reactive ketones (excluding diaryl/α,β-unsaturated/α-hetero) is 1. The number of aromatic amines is 1. The molecule has 1 saturated carbocycles. The second kappa shape index (κ2) is 23.3. The van der Waals surface area contributed by atoms with Crippen molar-refractivity contribution in [3.05, 3.63) is 83.2 Å². The molecular formula is C44H64N10O8. The highest BCUT2D eigenvalue weighted by Crippen LogP contribution is 2.34. The van der Waals surface area contributed by atoms with E-state index in [1.807, 2.05) is 30.3 Å². The predicted molar refractivity (Wildman–Crippen MR) is 230 cm³/mol. The number of ether oxygens (including phenoxy) is 1. The smallest absolute Gasteiger partial charge is 0.341 e. The summed E-state index contributed by atoms with van der Waals surface area (Å²) in [5, 5.41) is 14.7. The summed E-state index contributed by atoms with van der Waals surface area (Å²) in [4.78, 5) is 96.2. The monoisotopic (exact) mass is 860 g/mol. The highest BCUT2D eigenvalue weighted by molar-refractivity contribution is 6.19. The normalized spacial score (nSPS) is 16.3. The van der Waals surface area contributed by atoms with E-state index in [0.717, 1.165) is 24.8 Å². The van der Waals surface area contributed by atoms with E-state index in [4.69, 9.17) is 33.4 Å². The number of carbonyl (C=O) groups is 6. The average molecular weight is 861 g/mol. The van der Waals surface area contributed by atoms with Gasteiger partial charge in [0, 0.05) is 43.0 Å². The number of aromatic nitrogens is 3. The van der Waals surface area contributed by atoms with E-state index in [0.29, 0.717) is 37.9 Å². The standard InChI is InChI=1S/C44H64N10O8/c1-44(2,3)62-43(61)36-28(23-46)17-19-51-38(36)42(60)54(41(59)30(47)16-10-11-18-45)34(56)22-33(55)37(49)35(27-14-8-5-9-15-27)39(57)32(21-29-24-50-25-52-29)53-40(58)31(48)20-26-12-6-4-7-13-26/h4,6-7,12-13,17,19,24-25,27,30-33,35,37,55H,5,8-11,14-16,18,20-23,45-49H2,1-3H3,(H,50,52)(H,53,58)/t30-,31+,32+,33?,35?,37?/m1/s1. The highest BCUT2D eigenvalue weighted by atomic mass is 16.6. The molecule has 1 aliphatic carbocycles. The van der Waals surface area contributed by atoms with Crippen LogP contribution < -0.4 is 34.0 Å². The van der Waals surface area contributed by atoms with Gasteiger partial charge in [-0.25, -0.2) is 14.7 Å². The maximum Gasteiger partial charge on any atom is 0.341 e. The first-order valence-electron chi connectivity index (χ1n) is 21.3. The van der Waals surface area contributed by atoms with Gasteiger partial charge in [0.25, 0.3) is 11.8 Å². The number of hydrogen-bond donors (Lipinski definition) is 8. The van der Waals surface area contributed by atoms with Crippen LogP contribution in [0, 0.1) is 11.8 Å². The van der Waals surface area contributed by atoms with Crippen LogP contribution >= 0.6 is 0 Å². The fraction of sp³-hybridized carbons (Fsp3) is 0.545. The quantitative estimate of drug-likeness (QED) is 0.0553. The van der Waals surface area contributed by atoms with Gasteiger partial charge in [-0.3, -0.25) is 29.0 Å². The largest absolute Gasteiger partial charge is 0.456 e. The van der Waals surface area contributed by atoms with Gasteiger partial charge in [0.2, 0.25) is 11.8 Å². The summed E-state index contributed by atoms with van der Waals surface area (Å²) in [6.07, 6.45) is 6.31. The first-order chi connectivity index (χ1) is 29.5. The number of aliphatic hydroxyl groups excluding tert-OH is 1. The van der Waals surface area contributed by atoms with Crippen molar-refractivity contribution in [1.29, 1.82) is 0 Å². The summed E-state index contributed by atoms with van der Waals surface area (Å²) in [5.41, 5.74) is 30.6. The molecule has 4 rings (SSSR count). The Morgan fingerprint density at radius 3 is 2.26 bits per heavy atom. The fourth-order valence-corrected chi connectivity index (χ4v) is 7.82. The third-order valence-corrected chi connectivity index (χ3v) is 11.0. The second-order valence-corrected chi connectivity index (χ2v) is 17.0. The SMILES string of the molecule is CC(C)(C)OC(=O)c1c(CN)ccnc1C(=O)N(C(=O)CC(O)C(N)C(C(=O)[C@H](Cc1cnc[nH]1)NC(=O)[C@@H](N)Cc1ccccc1)C1CCCCC1)C(=O)[C@H](N)CCCCN. The number of imidazole rings is 1. The maximum atomic E-state index is 14.9. The molecule has 1 fully saturated rings. The molecule has 2 aromatic heterocycles. The molecule has 338 valence electrons. The molecule has 18 heteroatoms. The highest BCUT2D eigenvalue weighted by Gasteiger charge is 2.44. The number of nitrogens with zero attached hydrogens (tertiary/aromatic N) is 3. The average Bonchev–Trinajstić information content (AvgIpc) is 3.76. The van der Waals surface area contributed by atoms with E-state index >= 15 is 0 Å². The minimum atomic E-state index is -1.78. The lowest BCUT2D eigenvalue weighted by atomic mass is 9.71. The zero-order valence-corrected chi connectivity index (χ0v) is 36.0. The Morgan fingerprint density at radius 2 is 1.65 bits per heavy atom. The molecule has 18 nitrogen and oxygen atoms in total. The van der Waals surface area contributed by atoms with Crippen LogP contribution in [0.1, 0.15) is 116 Å². The minimum Gasteiger partial charge on any atom is -0.456 e. The number of nitrogens with one attached hydrogen (secondary N) is 2. The van der Waals surface area contributed by atoms with E-state index in [-0.39, 0.29) is 47.8 Å². The van der Waals surface area contributed by atoms with Gasteiger partial charge in [0.05, 0.1) is 42.5 Å². The lowest BCUT2D eigenvalue weighted by molar-refractivity contribution is -0.144. The van der Waals surface area contributed by atoms with Gasteiger partial charge in [0.1, 0.15) is 11.3 Å². The number of amides is 4. The molecule has 4 amide bonds. The van der Waals surface area contributed by atoms with Crippen LogP contribution in [0.4, 0.5) is 0 Å². The predicted octanol–water partition coefficient (Wildman–Crippen LogP) is 1.31. The Bertz CT molecular complexity index is 1970. The number of H-pyrrole nitrogens is 1. The van der Waals surface area contributed by atoms with Crippen LogP contribution in [-0.4, -0.2) is 103 Å². The summed E-state index contributed by atoms with van der Waals surface area (Å²) < 4.78 is 5.55. The van der Waals surface area contributed by atoms with Crippen LogP contribution in [0.2, 0.25) is 0 Å². The second-order valence-electron chi connectivity index (χ2n) is 17.0. The van der Waals surface area contributed by atoms with Crippen molar-refractivity contribution in [2.75, 3.05) is 6.54 Å². The van der Waals surface area contributed by atoms with Crippen molar-refractivity contribution in [3.63, 3.8) is 0 Å². The number of esters is 1. The molecule has 3 aromatic rings. The summed E-state index contributed by atoms with van der Waals surface area (Å²) in [6, 6.07) is 5.66. The van der Waals surface area contributed by atoms with Gasteiger partial charge in [0.15, 0.2) is 5.78 Å². The summed E-state index contributed by atoms with van der Waals surface area (Å²) in [6.45, 7) is 4.96. The molecule has 1 aliphatic rings. The molecule has 6 atom stereocenters. The van der Waals surface area contributed by atoms with Gasteiger partial charge in [-0.05, 0) is 82.5 Å². The van der Waals surface area contributed by atoms with Crippen molar-refractivity contribution < 1.29 is 38.6 Å². The van der Waals surface area contributed by atoms with Crippen molar-refractivity contribution in [2.45, 2.75) is 134 Å². The number of nitrogens with two attached hydrogens (primary N) is 5. The van der Waals surface area contributed by atoms with Gasteiger partial charge < -0.3 is 48.8 Å². The summed E-state index contributed by atoms with van der Waals surface area (Å²) >= 11 is 0. The number of aliphatic hydroxyl groups is 1. The van der Waals surface area contributed by atoms with E-state index in [9.17, 15) is 33.9 Å². The summed E-state index contributed by atoms with van der Waals surface area (Å²) in [7, 11) is 0. The van der Waals surface area contributed by atoms with Gasteiger partial charge in [-0.15, -0.1) is 0 Å². The minimum absolute atomic E-state index is 0.00126. The van der Waals surface area contributed by atoms with Crippen molar-refractivity contribution in [3.8, 4) is 0 Å². The van der Waals surface area contributed by atoms with Crippen molar-refractivity contribution in [1.82, 2.24) is 25.2 Å². The summed E-state index contributed by atoms with van der Waals surface area (Å²) in [5.74, 6) is -7.05. The molecule has 2 heterocycles. The van der Waals surface area contributed by atoms with Gasteiger partial charge >= 0.3 is 5.97 Å². The molecule has 1 aromatic carbocycles. The number of hydrogen-bond acceptors (Lipinski definition) is 15. The number of ketones is 1. The topological polar surface area (TPSA) is 319 Å². The zero-order chi connectivity index (χ0) is 45.6. The number of imide groups is 3. The molecular weight excluding hydrogens is 797 g/mol. The number of carbonyl (C=O) groups excluding carboxylic acids is 6. The Hall–Kier alpha value is -5.24. The third-order valence-electron chi connectivity index (χ3n) is 11.0. The van der Waals surface area contributed by atoms with E-state index in [1.165, 1.54) is 24.8 Å². The number of rotatable bonds is 21. The molecule has 0 spiro atoms. The molecule has 0 saturated heterocycles. The van der Waals surface area contributed by atoms with E-state index < -0.39 is 89.3 Å². The molecule has 0 radical (unpaired) electrons. The first kappa shape index (κ1) is 49.4. The zero-order valence-electron chi connectivity index (χ0n) is 36.0. The Kier molecular flexibility index (Phi) is 18.5. The Labute approximate surface area is 362 Å². The van der Waals surface area contributed by atoms with E-state index in [2.05, 4.69) is 20.3 Å². The number of unbranched alkanes of at least 4 members (excludes halogenated alkanes) is 1. The van der Waals surface area contributed by atoms with Crippen LogP contribution in [0.3, 0.4) is 0 Å². The van der Waals surface area contributed by atoms with Crippen LogP contribution in [0.25, 0.3) is 0 Å². The Balaban J connectivity index is 1.69. The van der Waals surface area contributed by atoms with Gasteiger partial charge in [-0.1, -0.05) is 56.0 Å². The number of pyridine rings is 1. The van der Waals surface area contributed by atoms with Crippen LogP contribution in [-0.2, 0) is 43.3 Å². The molecule has 13 N–H and O–H groups in total. The third kappa shape index (κ3) is 13.6.